The van der Waals surface area contributed by atoms with Crippen LogP contribution in [-0.4, -0.2) is 49.2 Å². The third kappa shape index (κ3) is 7.87. The summed E-state index contributed by atoms with van der Waals surface area (Å²) in [5.41, 5.74) is 4.35. The second-order valence-electron chi connectivity index (χ2n) is 4.87. The number of nitrogens with zero attached hydrogens (tertiary/aromatic N) is 2. The molecule has 14 nitrogen and oxygen atoms in total. The molecule has 1 saturated heterocycles. The van der Waals surface area contributed by atoms with Gasteiger partial charge in [0.25, 0.3) is 0 Å². The molecule has 1 unspecified atom stereocenters. The number of hydrogen-bond donors (Lipinski definition) is 4. The van der Waals surface area contributed by atoms with Crippen LogP contribution in [0.1, 0.15) is 6.23 Å². The zero-order chi connectivity index (χ0) is 19.0. The average Bonchev–Trinajstić information content (AvgIpc) is 2.71. The maximum absolute atomic E-state index is 12.0. The molecule has 0 amide bonds. The normalized spacial score (nSPS) is 27.3. The van der Waals surface area contributed by atoms with E-state index in [2.05, 4.69) is 13.8 Å². The van der Waals surface area contributed by atoms with Crippen molar-refractivity contribution < 1.29 is 107 Å². The van der Waals surface area contributed by atoms with Crippen LogP contribution in [0.25, 0.3) is 0 Å². The van der Waals surface area contributed by atoms with Crippen LogP contribution in [0.5, 0.6) is 0 Å². The van der Waals surface area contributed by atoms with E-state index in [0.717, 1.165) is 10.8 Å². The van der Waals surface area contributed by atoms with Crippen molar-refractivity contribution in [3.63, 3.8) is 0 Å². The Morgan fingerprint density at radius 1 is 1.26 bits per heavy atom. The van der Waals surface area contributed by atoms with Crippen molar-refractivity contribution in [1.29, 1.82) is 0 Å². The first-order valence-electron chi connectivity index (χ1n) is 6.45. The van der Waals surface area contributed by atoms with Crippen LogP contribution in [-0.2, 0) is 22.7 Å². The summed E-state index contributed by atoms with van der Waals surface area (Å²) in [5, 5.41) is 23.9. The molecule has 27 heavy (non-hydrogen) atoms. The number of rotatable bonds is 6. The van der Waals surface area contributed by atoms with E-state index in [0.29, 0.717) is 0 Å². The minimum absolute atomic E-state index is 0. The first-order chi connectivity index (χ1) is 11.4. The molecule has 2 rings (SSSR count). The van der Waals surface area contributed by atoms with Gasteiger partial charge in [0, 0.05) is 6.20 Å². The Labute approximate surface area is 196 Å². The number of nitrogen functional groups attached to an aromatic ring is 1. The van der Waals surface area contributed by atoms with Crippen molar-refractivity contribution in [3.05, 3.63) is 22.7 Å². The fraction of sp³-hybridized carbons (Fsp3) is 0.556. The van der Waals surface area contributed by atoms with E-state index < -0.39 is 52.5 Å². The molecule has 18 heteroatoms. The molecule has 1 fully saturated rings. The molecule has 1 aromatic rings. The monoisotopic (exact) mass is 447 g/mol. The molecule has 1 aromatic heterocycles. The SMILES string of the molecule is Nc1ccn([C@@H]2O[C@@H](COP(=O)(O)OP(=O)(O)O)[C@@H]([O-])[C@H]2[O-])c(=O)n1.[Na+].[Na+]. The second-order valence-corrected chi connectivity index (χ2v) is 7.70. The van der Waals surface area contributed by atoms with Crippen LogP contribution in [0.3, 0.4) is 0 Å². The number of phosphoric ester groups is 1. The fourth-order valence-corrected chi connectivity index (χ4v) is 3.61. The topological polar surface area (TPSA) is 230 Å². The van der Waals surface area contributed by atoms with E-state index in [9.17, 15) is 24.1 Å². The van der Waals surface area contributed by atoms with Gasteiger partial charge < -0.3 is 35.4 Å². The van der Waals surface area contributed by atoms with Gasteiger partial charge in [-0.2, -0.15) is 9.29 Å². The van der Waals surface area contributed by atoms with E-state index in [-0.39, 0.29) is 64.9 Å². The van der Waals surface area contributed by atoms with Crippen molar-refractivity contribution in [2.45, 2.75) is 24.5 Å². The Morgan fingerprint density at radius 3 is 2.37 bits per heavy atom. The Balaban J connectivity index is 0.00000338. The average molecular weight is 447 g/mol. The van der Waals surface area contributed by atoms with Crippen LogP contribution in [0.4, 0.5) is 5.82 Å². The number of phosphoric acid groups is 2. The molecule has 2 heterocycles. The third-order valence-corrected chi connectivity index (χ3v) is 5.17. The Hall–Kier alpha value is 0.820. The Bertz CT molecular complexity index is 789. The van der Waals surface area contributed by atoms with Crippen LogP contribution in [0.15, 0.2) is 17.1 Å². The largest absolute Gasteiger partial charge is 1.00 e. The van der Waals surface area contributed by atoms with Crippen LogP contribution in [0, 0.1) is 0 Å². The van der Waals surface area contributed by atoms with Crippen molar-refractivity contribution in [3.8, 4) is 0 Å². The summed E-state index contributed by atoms with van der Waals surface area (Å²) < 4.78 is 35.4. The van der Waals surface area contributed by atoms with E-state index in [1.54, 1.807) is 0 Å². The Morgan fingerprint density at radius 2 is 1.85 bits per heavy atom. The smallest absolute Gasteiger partial charge is 0.851 e. The van der Waals surface area contributed by atoms with E-state index >= 15 is 0 Å². The maximum Gasteiger partial charge on any atom is 1.00 e. The van der Waals surface area contributed by atoms with Gasteiger partial charge in [0.2, 0.25) is 0 Å². The molecular formula is C9H13N3Na2O11P2. The molecule has 1 aliphatic rings. The first kappa shape index (κ1) is 27.8. The number of nitrogens with two attached hydrogens (primary N) is 1. The zero-order valence-corrected chi connectivity index (χ0v) is 19.9. The molecule has 1 aliphatic heterocycles. The molecular weight excluding hydrogens is 434 g/mol. The second kappa shape index (κ2) is 10.7. The van der Waals surface area contributed by atoms with Crippen LogP contribution < -0.4 is 80.8 Å². The predicted octanol–water partition coefficient (Wildman–Crippen LogP) is -9.59. The summed E-state index contributed by atoms with van der Waals surface area (Å²) in [6.45, 7) is -0.978. The molecule has 0 spiro atoms. The van der Waals surface area contributed by atoms with Gasteiger partial charge in [0.15, 0.2) is 0 Å². The van der Waals surface area contributed by atoms with Gasteiger partial charge in [0.05, 0.1) is 12.7 Å². The number of anilines is 1. The fourth-order valence-electron chi connectivity index (χ4n) is 2.01. The molecule has 142 valence electrons. The standard InChI is InChI=1S/C9H13N3O11P2.2Na/c10-5-1-2-12(9(15)11-5)8-7(14)6(13)4(22-8)3-21-25(19,20)23-24(16,17)18;;/h1-2,4,6-8H,3H2,(H,19,20)(H2,10,11,15)(H2,16,17,18);;/q-2;2*+1/t4-,6+,7+,8+;;/m0../s1. The molecule has 0 bridgehead atoms. The molecule has 5 atom stereocenters. The minimum atomic E-state index is -5.33. The number of aromatic nitrogens is 2. The van der Waals surface area contributed by atoms with Crippen molar-refractivity contribution >= 4 is 21.5 Å². The van der Waals surface area contributed by atoms with E-state index in [1.807, 2.05) is 0 Å². The third-order valence-electron chi connectivity index (χ3n) is 3.02. The molecule has 0 radical (unpaired) electrons. The van der Waals surface area contributed by atoms with Gasteiger partial charge in [-0.05, 0) is 6.07 Å². The van der Waals surface area contributed by atoms with Gasteiger partial charge in [-0.15, -0.1) is 6.10 Å². The summed E-state index contributed by atoms with van der Waals surface area (Å²) in [6.07, 6.45) is -6.07. The summed E-state index contributed by atoms with van der Waals surface area (Å²) >= 11 is 0. The van der Waals surface area contributed by atoms with Gasteiger partial charge in [-0.1, -0.05) is 6.10 Å². The van der Waals surface area contributed by atoms with Crippen molar-refractivity contribution in [2.75, 3.05) is 12.3 Å². The first-order valence-corrected chi connectivity index (χ1v) is 9.48. The van der Waals surface area contributed by atoms with Gasteiger partial charge in [-0.3, -0.25) is 9.09 Å². The predicted molar refractivity (Wildman–Crippen MR) is 73.3 cm³/mol. The van der Waals surface area contributed by atoms with Gasteiger partial charge in [0.1, 0.15) is 12.0 Å². The molecule has 0 aromatic carbocycles. The number of ether oxygens (including phenoxy) is 1. The van der Waals surface area contributed by atoms with Crippen molar-refractivity contribution in [2.24, 2.45) is 0 Å². The summed E-state index contributed by atoms with van der Waals surface area (Å²) in [6, 6.07) is 1.19. The quantitative estimate of drug-likeness (QED) is 0.235. The Kier molecular flexibility index (Phi) is 11.1. The van der Waals surface area contributed by atoms with Crippen LogP contribution in [0.2, 0.25) is 0 Å². The summed E-state index contributed by atoms with van der Waals surface area (Å²) in [7, 11) is -10.5. The summed E-state index contributed by atoms with van der Waals surface area (Å²) in [5.74, 6) is -0.115. The minimum Gasteiger partial charge on any atom is -0.851 e. The van der Waals surface area contributed by atoms with Gasteiger partial charge >= 0.3 is 80.4 Å². The zero-order valence-electron chi connectivity index (χ0n) is 14.1. The van der Waals surface area contributed by atoms with Crippen LogP contribution >= 0.6 is 15.6 Å². The number of hydrogen-bond acceptors (Lipinski definition) is 10. The van der Waals surface area contributed by atoms with Crippen molar-refractivity contribution in [1.82, 2.24) is 9.55 Å². The maximum atomic E-state index is 12.0. The molecule has 0 aliphatic carbocycles. The van der Waals surface area contributed by atoms with Gasteiger partial charge in [-0.25, -0.2) is 13.9 Å². The molecule has 0 saturated carbocycles. The summed E-state index contributed by atoms with van der Waals surface area (Å²) in [4.78, 5) is 41.1. The van der Waals surface area contributed by atoms with E-state index in [4.69, 9.17) is 25.2 Å². The molecule has 5 N–H and O–H groups in total. The van der Waals surface area contributed by atoms with E-state index in [1.165, 1.54) is 6.07 Å².